The van der Waals surface area contributed by atoms with Gasteiger partial charge in [-0.2, -0.15) is 0 Å². The first-order chi connectivity index (χ1) is 9.30. The Morgan fingerprint density at radius 1 is 0.900 bits per heavy atom. The van der Waals surface area contributed by atoms with Gasteiger partial charge < -0.3 is 18.9 Å². The molecule has 12 heteroatoms. The zero-order chi connectivity index (χ0) is 15.2. The third-order valence-corrected chi connectivity index (χ3v) is 3.74. The number of alkyl halides is 2. The predicted molar refractivity (Wildman–Crippen MR) is 70.8 cm³/mol. The summed E-state index contributed by atoms with van der Waals surface area (Å²) < 4.78 is 16.4. The van der Waals surface area contributed by atoms with Crippen molar-refractivity contribution >= 4 is 31.9 Å². The Labute approximate surface area is 130 Å². The third-order valence-electron chi connectivity index (χ3n) is 2.24. The lowest BCUT2D eigenvalue weighted by Crippen LogP contribution is -2.45. The van der Waals surface area contributed by atoms with Gasteiger partial charge in [-0.3, -0.25) is 20.2 Å². The quantitative estimate of drug-likeness (QED) is 0.275. The van der Waals surface area contributed by atoms with Gasteiger partial charge in [0.2, 0.25) is 0 Å². The van der Waals surface area contributed by atoms with Crippen LogP contribution in [0.5, 0.6) is 0 Å². The molecule has 0 amide bonds. The maximum atomic E-state index is 10.3. The van der Waals surface area contributed by atoms with Gasteiger partial charge in [-0.1, -0.05) is 0 Å². The van der Waals surface area contributed by atoms with Gasteiger partial charge in [-0.25, -0.2) is 0 Å². The van der Waals surface area contributed by atoms with E-state index in [-0.39, 0.29) is 33.2 Å². The molecule has 20 heavy (non-hydrogen) atoms. The van der Waals surface area contributed by atoms with Crippen molar-refractivity contribution in [2.75, 3.05) is 39.8 Å². The number of halogens is 2. The summed E-state index contributed by atoms with van der Waals surface area (Å²) >= 11 is 5.72. The van der Waals surface area contributed by atoms with E-state index in [2.05, 4.69) is 31.9 Å². The fraction of sp³-hybridized carbons (Fsp3) is 1.00. The van der Waals surface area contributed by atoms with Gasteiger partial charge in [0.15, 0.2) is 6.61 Å². The summed E-state index contributed by atoms with van der Waals surface area (Å²) in [4.78, 5) is 19.5. The Balaban J connectivity index is 0.000000200. The number of ether oxygens (including phenoxy) is 4. The molecule has 116 valence electrons. The van der Waals surface area contributed by atoms with E-state index in [9.17, 15) is 20.2 Å². The standard InChI is InChI=1S/2C4H6BrNO4/c5-4(6(7)8)1-9-3-10-2-4;5-4(6(7)8)3-9-1-2-10-4/h2*1-3H2. The maximum absolute atomic E-state index is 10.3. The lowest BCUT2D eigenvalue weighted by molar-refractivity contribution is -0.601. The van der Waals surface area contributed by atoms with Crippen LogP contribution in [-0.2, 0) is 18.9 Å². The molecule has 1 atom stereocenters. The summed E-state index contributed by atoms with van der Waals surface area (Å²) in [7, 11) is 0. The molecule has 2 fully saturated rings. The Morgan fingerprint density at radius 3 is 1.80 bits per heavy atom. The van der Waals surface area contributed by atoms with Crippen LogP contribution < -0.4 is 0 Å². The van der Waals surface area contributed by atoms with Crippen molar-refractivity contribution in [1.29, 1.82) is 0 Å². The van der Waals surface area contributed by atoms with Crippen LogP contribution in [0.4, 0.5) is 0 Å². The summed E-state index contributed by atoms with van der Waals surface area (Å²) in [6.07, 6.45) is 0. The Morgan fingerprint density at radius 2 is 1.50 bits per heavy atom. The molecule has 1 unspecified atom stereocenters. The molecule has 2 aliphatic rings. The molecule has 0 aromatic carbocycles. The average Bonchev–Trinajstić information content (AvgIpc) is 2.41. The van der Waals surface area contributed by atoms with Gasteiger partial charge >= 0.3 is 9.08 Å². The molecular formula is C8H12Br2N2O8. The number of hydrogen-bond donors (Lipinski definition) is 0. The van der Waals surface area contributed by atoms with Crippen molar-refractivity contribution in [1.82, 2.24) is 0 Å². The van der Waals surface area contributed by atoms with Crippen molar-refractivity contribution in [3.8, 4) is 0 Å². The van der Waals surface area contributed by atoms with E-state index in [0.29, 0.717) is 6.61 Å². The van der Waals surface area contributed by atoms with Crippen LogP contribution in [0, 0.1) is 20.2 Å². The molecule has 2 aliphatic heterocycles. The Hall–Kier alpha value is -0.400. The molecule has 0 radical (unpaired) electrons. The second-order valence-electron chi connectivity index (χ2n) is 3.84. The lowest BCUT2D eigenvalue weighted by atomic mass is 10.3. The summed E-state index contributed by atoms with van der Waals surface area (Å²) in [5.74, 6) is 0. The van der Waals surface area contributed by atoms with Gasteiger partial charge in [0.05, 0.1) is 18.1 Å². The zero-order valence-electron chi connectivity index (χ0n) is 10.2. The fourth-order valence-electron chi connectivity index (χ4n) is 1.20. The first-order valence-corrected chi connectivity index (χ1v) is 6.93. The smallest absolute Gasteiger partial charge is 0.368 e. The van der Waals surface area contributed by atoms with Crippen molar-refractivity contribution < 1.29 is 28.8 Å². The van der Waals surface area contributed by atoms with Crippen LogP contribution in [0.1, 0.15) is 0 Å². The molecule has 0 bridgehead atoms. The first-order valence-electron chi connectivity index (χ1n) is 5.34. The summed E-state index contributed by atoms with van der Waals surface area (Å²) in [5.41, 5.74) is 0. The number of nitrogens with zero attached hydrogens (tertiary/aromatic N) is 2. The molecule has 0 N–H and O–H groups in total. The van der Waals surface area contributed by atoms with Gasteiger partial charge in [-0.05, 0) is 0 Å². The molecule has 0 aliphatic carbocycles. The van der Waals surface area contributed by atoms with Crippen molar-refractivity contribution in [3.63, 3.8) is 0 Å². The van der Waals surface area contributed by atoms with E-state index in [0.717, 1.165) is 0 Å². The minimum Gasteiger partial charge on any atom is -0.368 e. The molecule has 2 rings (SSSR count). The highest BCUT2D eigenvalue weighted by Gasteiger charge is 2.44. The number of nitro groups is 2. The molecule has 2 heterocycles. The van der Waals surface area contributed by atoms with Crippen LogP contribution in [0.2, 0.25) is 0 Å². The van der Waals surface area contributed by atoms with Crippen LogP contribution in [0.3, 0.4) is 0 Å². The summed E-state index contributed by atoms with van der Waals surface area (Å²) in [6, 6.07) is 0. The molecule has 0 aromatic heterocycles. The third kappa shape index (κ3) is 4.86. The normalized spacial score (nSPS) is 28.9. The van der Waals surface area contributed by atoms with Crippen LogP contribution >= 0.6 is 31.9 Å². The van der Waals surface area contributed by atoms with Crippen molar-refractivity contribution in [3.05, 3.63) is 20.2 Å². The molecule has 0 saturated carbocycles. The van der Waals surface area contributed by atoms with Gasteiger partial charge in [0.1, 0.15) is 20.0 Å². The highest BCUT2D eigenvalue weighted by Crippen LogP contribution is 2.23. The summed E-state index contributed by atoms with van der Waals surface area (Å²) in [5, 5.41) is 20.5. The SMILES string of the molecule is O=[N+]([O-])C1(Br)COCCO1.O=[N+]([O-])C1(Br)COCOC1. The summed E-state index contributed by atoms with van der Waals surface area (Å²) in [6.45, 7) is 0.884. The second-order valence-corrected chi connectivity index (χ2v) is 6.55. The fourth-order valence-corrected chi connectivity index (χ4v) is 1.85. The molecule has 2 saturated heterocycles. The van der Waals surface area contributed by atoms with E-state index < -0.39 is 18.9 Å². The Kier molecular flexibility index (Phi) is 6.68. The molecule has 10 nitrogen and oxygen atoms in total. The van der Waals surface area contributed by atoms with Crippen LogP contribution in [0.15, 0.2) is 0 Å². The van der Waals surface area contributed by atoms with Gasteiger partial charge in [-0.15, -0.1) is 0 Å². The number of hydrogen-bond acceptors (Lipinski definition) is 8. The first kappa shape index (κ1) is 17.7. The molecule has 0 spiro atoms. The van der Waals surface area contributed by atoms with Gasteiger partial charge in [0.25, 0.3) is 0 Å². The minimum atomic E-state index is -1.51. The van der Waals surface area contributed by atoms with Gasteiger partial charge in [0, 0.05) is 36.8 Å². The number of rotatable bonds is 2. The van der Waals surface area contributed by atoms with E-state index in [1.165, 1.54) is 0 Å². The minimum absolute atomic E-state index is 0.0417. The van der Waals surface area contributed by atoms with Crippen LogP contribution in [0.25, 0.3) is 0 Å². The van der Waals surface area contributed by atoms with E-state index in [4.69, 9.17) is 18.9 Å². The highest BCUT2D eigenvalue weighted by molar-refractivity contribution is 9.10. The monoisotopic (exact) mass is 422 g/mol. The highest BCUT2D eigenvalue weighted by atomic mass is 79.9. The van der Waals surface area contributed by atoms with E-state index in [1.54, 1.807) is 0 Å². The van der Waals surface area contributed by atoms with Crippen molar-refractivity contribution in [2.24, 2.45) is 0 Å². The topological polar surface area (TPSA) is 123 Å². The largest absolute Gasteiger partial charge is 0.403 e. The van der Waals surface area contributed by atoms with Crippen molar-refractivity contribution in [2.45, 2.75) is 9.08 Å². The van der Waals surface area contributed by atoms with Crippen LogP contribution in [-0.4, -0.2) is 58.8 Å². The predicted octanol–water partition coefficient (Wildman–Crippen LogP) is 0.717. The second kappa shape index (κ2) is 7.56. The van der Waals surface area contributed by atoms with E-state index in [1.807, 2.05) is 0 Å². The van der Waals surface area contributed by atoms with E-state index >= 15 is 0 Å². The lowest BCUT2D eigenvalue weighted by Gasteiger charge is -2.23. The molecule has 0 aromatic rings. The zero-order valence-corrected chi connectivity index (χ0v) is 13.3. The Bertz CT molecular complexity index is 322. The average molecular weight is 424 g/mol. The maximum Gasteiger partial charge on any atom is 0.403 e. The molecular weight excluding hydrogens is 412 g/mol.